The molecule has 4 nitrogen and oxygen atoms in total. The Kier molecular flexibility index (Phi) is 4.78. The number of hydrogen-bond acceptors (Lipinski definition) is 4. The molecule has 0 aliphatic heterocycles. The summed E-state index contributed by atoms with van der Waals surface area (Å²) in [7, 11) is 0. The molecule has 0 aliphatic carbocycles. The number of carbonyl (C=O) groups excluding carboxylic acids is 1. The zero-order chi connectivity index (χ0) is 17.1. The predicted molar refractivity (Wildman–Crippen MR) is 95.9 cm³/mol. The van der Waals surface area contributed by atoms with Crippen molar-refractivity contribution in [1.29, 1.82) is 0 Å². The lowest BCUT2D eigenvalue weighted by Gasteiger charge is -2.06. The molecule has 0 saturated heterocycles. The number of hydrogen-bond donors (Lipinski definition) is 2. The number of nitrogens with one attached hydrogen (secondary N) is 2. The molecule has 0 fully saturated rings. The Hall–Kier alpha value is -2.44. The molecule has 0 atom stereocenters. The van der Waals surface area contributed by atoms with Crippen molar-refractivity contribution in [2.45, 2.75) is 6.92 Å². The average molecular weight is 362 g/mol. The number of anilines is 3. The van der Waals surface area contributed by atoms with Crippen LogP contribution < -0.4 is 10.6 Å². The molecule has 2 aromatic carbocycles. The van der Waals surface area contributed by atoms with Gasteiger partial charge >= 0.3 is 0 Å². The van der Waals surface area contributed by atoms with E-state index in [9.17, 15) is 9.18 Å². The van der Waals surface area contributed by atoms with Crippen molar-refractivity contribution in [2.24, 2.45) is 0 Å². The Bertz CT molecular complexity index is 883. The molecule has 24 heavy (non-hydrogen) atoms. The van der Waals surface area contributed by atoms with Gasteiger partial charge in [-0.25, -0.2) is 9.37 Å². The zero-order valence-electron chi connectivity index (χ0n) is 12.6. The first-order chi connectivity index (χ1) is 11.5. The second-order valence-electron chi connectivity index (χ2n) is 5.00. The number of halogens is 2. The minimum absolute atomic E-state index is 0.146. The standard InChI is InChI=1S/C17H13ClFN3OS/c1-10-15(16(23)22-14-8-7-11(19)9-13(14)18)24-17(20-10)21-12-5-3-2-4-6-12/h2-9H,1H3,(H,20,21)(H,22,23). The molecule has 0 radical (unpaired) electrons. The maximum atomic E-state index is 13.1. The Morgan fingerprint density at radius 1 is 1.21 bits per heavy atom. The Balaban J connectivity index is 1.78. The molecule has 122 valence electrons. The molecule has 1 aromatic heterocycles. The summed E-state index contributed by atoms with van der Waals surface area (Å²) in [5.41, 5.74) is 1.85. The second-order valence-corrected chi connectivity index (χ2v) is 6.41. The highest BCUT2D eigenvalue weighted by Crippen LogP contribution is 2.28. The number of aromatic nitrogens is 1. The van der Waals surface area contributed by atoms with E-state index >= 15 is 0 Å². The van der Waals surface area contributed by atoms with Crippen molar-refractivity contribution in [3.63, 3.8) is 0 Å². The molecule has 1 heterocycles. The molecule has 0 saturated carbocycles. The fourth-order valence-corrected chi connectivity index (χ4v) is 3.17. The quantitative estimate of drug-likeness (QED) is 0.668. The second kappa shape index (κ2) is 6.98. The summed E-state index contributed by atoms with van der Waals surface area (Å²) in [5, 5.41) is 6.60. The van der Waals surface area contributed by atoms with Crippen molar-refractivity contribution < 1.29 is 9.18 Å². The SMILES string of the molecule is Cc1nc(Nc2ccccc2)sc1C(=O)Nc1ccc(F)cc1Cl. The van der Waals surface area contributed by atoms with Gasteiger partial charge in [-0.2, -0.15) is 0 Å². The predicted octanol–water partition coefficient (Wildman–Crippen LogP) is 5.24. The van der Waals surface area contributed by atoms with Crippen LogP contribution in [0.25, 0.3) is 0 Å². The van der Waals surface area contributed by atoms with E-state index in [0.717, 1.165) is 11.8 Å². The van der Waals surface area contributed by atoms with Crippen LogP contribution in [0.4, 0.5) is 20.9 Å². The summed E-state index contributed by atoms with van der Waals surface area (Å²) in [6.07, 6.45) is 0. The number of aryl methyl sites for hydroxylation is 1. The van der Waals surface area contributed by atoms with Gasteiger partial charge in [0, 0.05) is 5.69 Å². The van der Waals surface area contributed by atoms with Crippen molar-refractivity contribution in [3.05, 3.63) is 69.9 Å². The summed E-state index contributed by atoms with van der Waals surface area (Å²) in [6.45, 7) is 1.76. The van der Waals surface area contributed by atoms with Gasteiger partial charge < -0.3 is 10.6 Å². The normalized spacial score (nSPS) is 10.5. The van der Waals surface area contributed by atoms with Crippen LogP contribution in [-0.2, 0) is 0 Å². The largest absolute Gasteiger partial charge is 0.332 e. The van der Waals surface area contributed by atoms with E-state index in [2.05, 4.69) is 15.6 Å². The summed E-state index contributed by atoms with van der Waals surface area (Å²) in [5.74, 6) is -0.791. The number of nitrogens with zero attached hydrogens (tertiary/aromatic N) is 1. The zero-order valence-corrected chi connectivity index (χ0v) is 14.2. The maximum absolute atomic E-state index is 13.1. The van der Waals surface area contributed by atoms with E-state index in [1.165, 1.54) is 23.5 Å². The highest BCUT2D eigenvalue weighted by molar-refractivity contribution is 7.17. The lowest BCUT2D eigenvalue weighted by Crippen LogP contribution is -2.11. The average Bonchev–Trinajstić information content (AvgIpc) is 2.91. The topological polar surface area (TPSA) is 54.0 Å². The summed E-state index contributed by atoms with van der Waals surface area (Å²) < 4.78 is 13.1. The van der Waals surface area contributed by atoms with Crippen molar-refractivity contribution in [3.8, 4) is 0 Å². The molecule has 3 rings (SSSR count). The first-order valence-corrected chi connectivity index (χ1v) is 8.28. The van der Waals surface area contributed by atoms with E-state index in [4.69, 9.17) is 11.6 Å². The third-order valence-electron chi connectivity index (χ3n) is 3.21. The van der Waals surface area contributed by atoms with Gasteiger partial charge in [-0.15, -0.1) is 0 Å². The number of para-hydroxylation sites is 1. The lowest BCUT2D eigenvalue weighted by atomic mass is 10.3. The summed E-state index contributed by atoms with van der Waals surface area (Å²) in [6, 6.07) is 13.4. The molecule has 1 amide bonds. The number of thiazole rings is 1. The van der Waals surface area contributed by atoms with Gasteiger partial charge in [-0.05, 0) is 37.3 Å². The van der Waals surface area contributed by atoms with E-state index < -0.39 is 5.82 Å². The Labute approximate surface area is 147 Å². The van der Waals surface area contributed by atoms with Gasteiger partial charge in [-0.1, -0.05) is 41.1 Å². The van der Waals surface area contributed by atoms with Crippen LogP contribution in [0.15, 0.2) is 48.5 Å². The van der Waals surface area contributed by atoms with E-state index in [1.807, 2.05) is 30.3 Å². The van der Waals surface area contributed by atoms with Crippen LogP contribution in [0.2, 0.25) is 5.02 Å². The summed E-state index contributed by atoms with van der Waals surface area (Å²) >= 11 is 7.17. The van der Waals surface area contributed by atoms with Crippen LogP contribution in [0.5, 0.6) is 0 Å². The van der Waals surface area contributed by atoms with Crippen LogP contribution >= 0.6 is 22.9 Å². The molecule has 0 spiro atoms. The fourth-order valence-electron chi connectivity index (χ4n) is 2.08. The molecule has 3 aromatic rings. The van der Waals surface area contributed by atoms with Crippen molar-refractivity contribution >= 4 is 45.4 Å². The molecule has 0 aliphatic rings. The van der Waals surface area contributed by atoms with E-state index in [1.54, 1.807) is 6.92 Å². The highest BCUT2D eigenvalue weighted by atomic mass is 35.5. The Morgan fingerprint density at radius 3 is 2.67 bits per heavy atom. The van der Waals surface area contributed by atoms with Gasteiger partial charge in [0.15, 0.2) is 5.13 Å². The van der Waals surface area contributed by atoms with Crippen LogP contribution in [0, 0.1) is 12.7 Å². The van der Waals surface area contributed by atoms with Crippen LogP contribution in [0.3, 0.4) is 0 Å². The molecular formula is C17H13ClFN3OS. The van der Waals surface area contributed by atoms with Gasteiger partial charge in [0.25, 0.3) is 5.91 Å². The smallest absolute Gasteiger partial charge is 0.267 e. The molecule has 0 unspecified atom stereocenters. The van der Waals surface area contributed by atoms with Gasteiger partial charge in [0.1, 0.15) is 10.7 Å². The monoisotopic (exact) mass is 361 g/mol. The Morgan fingerprint density at radius 2 is 1.96 bits per heavy atom. The third-order valence-corrected chi connectivity index (χ3v) is 4.59. The number of rotatable bonds is 4. The van der Waals surface area contributed by atoms with Gasteiger partial charge in [0.2, 0.25) is 0 Å². The molecule has 2 N–H and O–H groups in total. The van der Waals surface area contributed by atoms with Gasteiger partial charge in [0.05, 0.1) is 16.4 Å². The van der Waals surface area contributed by atoms with E-state index in [0.29, 0.717) is 21.4 Å². The minimum Gasteiger partial charge on any atom is -0.332 e. The molecule has 0 bridgehead atoms. The van der Waals surface area contributed by atoms with Crippen molar-refractivity contribution in [2.75, 3.05) is 10.6 Å². The minimum atomic E-state index is -0.457. The van der Waals surface area contributed by atoms with Crippen LogP contribution in [0.1, 0.15) is 15.4 Å². The molecular weight excluding hydrogens is 349 g/mol. The lowest BCUT2D eigenvalue weighted by molar-refractivity contribution is 0.103. The molecule has 7 heteroatoms. The van der Waals surface area contributed by atoms with Gasteiger partial charge in [-0.3, -0.25) is 4.79 Å². The fraction of sp³-hybridized carbons (Fsp3) is 0.0588. The van der Waals surface area contributed by atoms with E-state index in [-0.39, 0.29) is 10.9 Å². The number of carbonyl (C=O) groups is 1. The van der Waals surface area contributed by atoms with Crippen LogP contribution in [-0.4, -0.2) is 10.9 Å². The summed E-state index contributed by atoms with van der Waals surface area (Å²) in [4.78, 5) is 17.2. The number of amides is 1. The van der Waals surface area contributed by atoms with Crippen molar-refractivity contribution in [1.82, 2.24) is 4.98 Å². The first-order valence-electron chi connectivity index (χ1n) is 7.09. The highest BCUT2D eigenvalue weighted by Gasteiger charge is 2.17. The third kappa shape index (κ3) is 3.72. The maximum Gasteiger partial charge on any atom is 0.267 e. The first kappa shape index (κ1) is 16.4. The number of benzene rings is 2.